The molecule has 7 heteroatoms. The minimum atomic E-state index is -0.637. The maximum absolute atomic E-state index is 11.6. The number of nitrogens with zero attached hydrogens (tertiary/aromatic N) is 1. The van der Waals surface area contributed by atoms with E-state index in [-0.39, 0.29) is 12.6 Å². The zero-order valence-electron chi connectivity index (χ0n) is 11.4. The molecule has 108 valence electrons. The number of benzene rings is 1. The van der Waals surface area contributed by atoms with E-state index < -0.39 is 11.7 Å². The molecule has 1 aromatic carbocycles. The van der Waals surface area contributed by atoms with Crippen LogP contribution in [0.25, 0.3) is 11.1 Å². The van der Waals surface area contributed by atoms with E-state index in [0.717, 1.165) is 0 Å². The number of anilines is 1. The normalized spacial score (nSPS) is 11.7. The summed E-state index contributed by atoms with van der Waals surface area (Å²) in [7, 11) is 0. The summed E-state index contributed by atoms with van der Waals surface area (Å²) in [6, 6.07) is 3.46. The van der Waals surface area contributed by atoms with E-state index in [1.54, 1.807) is 32.9 Å². The Kier molecular flexibility index (Phi) is 4.01. The molecule has 0 aliphatic carbocycles. The quantitative estimate of drug-likeness (QED) is 0.873. The van der Waals surface area contributed by atoms with E-state index in [0.29, 0.717) is 21.1 Å². The summed E-state index contributed by atoms with van der Waals surface area (Å²) in [4.78, 5) is 15.8. The number of oxazole rings is 1. The van der Waals surface area contributed by atoms with Gasteiger partial charge < -0.3 is 14.3 Å². The molecule has 0 saturated heterocycles. The van der Waals surface area contributed by atoms with Crippen molar-refractivity contribution in [1.29, 1.82) is 0 Å². The standard InChI is InChI=1S/C13H15BrN2O4/c1-13(2,3)20-12(18)16-11-15-9-5-7(6-17)4-8(14)10(9)19-11/h4-5,17H,6H2,1-3H3,(H,15,16,18). The highest BCUT2D eigenvalue weighted by molar-refractivity contribution is 9.10. The van der Waals surface area contributed by atoms with Gasteiger partial charge in [-0.2, -0.15) is 4.98 Å². The first-order valence-electron chi connectivity index (χ1n) is 5.98. The summed E-state index contributed by atoms with van der Waals surface area (Å²) in [6.45, 7) is 5.20. The molecule has 0 atom stereocenters. The number of hydrogen-bond donors (Lipinski definition) is 2. The first-order chi connectivity index (χ1) is 9.28. The average Bonchev–Trinajstić information content (AvgIpc) is 2.69. The Morgan fingerprint density at radius 2 is 2.20 bits per heavy atom. The Labute approximate surface area is 124 Å². The van der Waals surface area contributed by atoms with Gasteiger partial charge in [0.25, 0.3) is 0 Å². The second kappa shape index (κ2) is 5.41. The number of carbonyl (C=O) groups excluding carboxylic acids is 1. The Balaban J connectivity index is 2.24. The predicted octanol–water partition coefficient (Wildman–Crippen LogP) is 3.43. The van der Waals surface area contributed by atoms with Gasteiger partial charge in [0.1, 0.15) is 11.1 Å². The fourth-order valence-electron chi connectivity index (χ4n) is 1.58. The highest BCUT2D eigenvalue weighted by Crippen LogP contribution is 2.28. The van der Waals surface area contributed by atoms with Crippen molar-refractivity contribution in [2.45, 2.75) is 33.0 Å². The molecule has 0 unspecified atom stereocenters. The molecule has 0 spiro atoms. The molecule has 0 saturated carbocycles. The lowest BCUT2D eigenvalue weighted by atomic mass is 10.2. The van der Waals surface area contributed by atoms with Crippen LogP contribution in [0.4, 0.5) is 10.8 Å². The van der Waals surface area contributed by atoms with E-state index in [1.165, 1.54) is 0 Å². The fourth-order valence-corrected chi connectivity index (χ4v) is 2.16. The molecule has 1 aromatic heterocycles. The molecule has 1 heterocycles. The SMILES string of the molecule is CC(C)(C)OC(=O)Nc1nc2cc(CO)cc(Br)c2o1. The Bertz CT molecular complexity index is 646. The minimum absolute atomic E-state index is 0.0463. The molecule has 20 heavy (non-hydrogen) atoms. The molecule has 6 nitrogen and oxygen atoms in total. The van der Waals surface area contributed by atoms with Crippen LogP contribution in [0, 0.1) is 0 Å². The number of aliphatic hydroxyl groups excluding tert-OH is 1. The van der Waals surface area contributed by atoms with Crippen LogP contribution >= 0.6 is 15.9 Å². The number of ether oxygens (including phenoxy) is 1. The van der Waals surface area contributed by atoms with Gasteiger partial charge in [-0.3, -0.25) is 0 Å². The molecule has 2 rings (SSSR count). The Hall–Kier alpha value is -1.60. The molecule has 0 fully saturated rings. The summed E-state index contributed by atoms with van der Waals surface area (Å²) in [6.07, 6.45) is -0.637. The van der Waals surface area contributed by atoms with Crippen molar-refractivity contribution >= 4 is 39.1 Å². The number of halogens is 1. The number of rotatable bonds is 2. The van der Waals surface area contributed by atoms with Gasteiger partial charge in [-0.1, -0.05) is 0 Å². The minimum Gasteiger partial charge on any atom is -0.443 e. The highest BCUT2D eigenvalue weighted by Gasteiger charge is 2.18. The first kappa shape index (κ1) is 14.8. The molecular weight excluding hydrogens is 328 g/mol. The van der Waals surface area contributed by atoms with Crippen molar-refractivity contribution < 1.29 is 19.1 Å². The topological polar surface area (TPSA) is 84.6 Å². The maximum Gasteiger partial charge on any atom is 0.415 e. The number of amides is 1. The van der Waals surface area contributed by atoms with Crippen molar-refractivity contribution in [2.24, 2.45) is 0 Å². The van der Waals surface area contributed by atoms with Gasteiger partial charge in [0.05, 0.1) is 11.1 Å². The lowest BCUT2D eigenvalue weighted by molar-refractivity contribution is 0.0632. The van der Waals surface area contributed by atoms with E-state index in [1.807, 2.05) is 0 Å². The summed E-state index contributed by atoms with van der Waals surface area (Å²) < 4.78 is 11.2. The molecule has 1 amide bonds. The van der Waals surface area contributed by atoms with Crippen LogP contribution in [-0.2, 0) is 11.3 Å². The largest absolute Gasteiger partial charge is 0.443 e. The van der Waals surface area contributed by atoms with Crippen molar-refractivity contribution in [2.75, 3.05) is 5.32 Å². The number of aromatic nitrogens is 1. The monoisotopic (exact) mass is 342 g/mol. The summed E-state index contributed by atoms with van der Waals surface area (Å²) in [5.74, 6) is 0. The van der Waals surface area contributed by atoms with Crippen molar-refractivity contribution in [3.8, 4) is 0 Å². The predicted molar refractivity (Wildman–Crippen MR) is 77.5 cm³/mol. The lowest BCUT2D eigenvalue weighted by Gasteiger charge is -2.18. The average molecular weight is 343 g/mol. The van der Waals surface area contributed by atoms with E-state index in [9.17, 15) is 4.79 Å². The van der Waals surface area contributed by atoms with Crippen LogP contribution in [0.3, 0.4) is 0 Å². The van der Waals surface area contributed by atoms with E-state index >= 15 is 0 Å². The van der Waals surface area contributed by atoms with Gasteiger partial charge in [-0.05, 0) is 54.4 Å². The lowest BCUT2D eigenvalue weighted by Crippen LogP contribution is -2.27. The second-order valence-corrected chi connectivity index (χ2v) is 6.08. The molecule has 0 bridgehead atoms. The molecular formula is C13H15BrN2O4. The van der Waals surface area contributed by atoms with Crippen LogP contribution in [0.2, 0.25) is 0 Å². The van der Waals surface area contributed by atoms with Crippen molar-refractivity contribution in [3.63, 3.8) is 0 Å². The van der Waals surface area contributed by atoms with Crippen LogP contribution in [0.5, 0.6) is 0 Å². The number of nitrogens with one attached hydrogen (secondary N) is 1. The molecule has 2 aromatic rings. The summed E-state index contributed by atoms with van der Waals surface area (Å²) in [5, 5.41) is 11.6. The molecule has 2 N–H and O–H groups in total. The van der Waals surface area contributed by atoms with E-state index in [4.69, 9.17) is 14.3 Å². The zero-order chi connectivity index (χ0) is 14.9. The van der Waals surface area contributed by atoms with Crippen molar-refractivity contribution in [3.05, 3.63) is 22.2 Å². The van der Waals surface area contributed by atoms with Gasteiger partial charge in [-0.15, -0.1) is 0 Å². The third-order valence-corrected chi connectivity index (χ3v) is 2.88. The first-order valence-corrected chi connectivity index (χ1v) is 6.77. The van der Waals surface area contributed by atoms with Gasteiger partial charge in [0.2, 0.25) is 0 Å². The second-order valence-electron chi connectivity index (χ2n) is 5.23. The summed E-state index contributed by atoms with van der Waals surface area (Å²) in [5.41, 5.74) is 1.13. The Morgan fingerprint density at radius 3 is 2.80 bits per heavy atom. The van der Waals surface area contributed by atoms with Crippen LogP contribution in [0.1, 0.15) is 26.3 Å². The van der Waals surface area contributed by atoms with Crippen LogP contribution in [-0.4, -0.2) is 21.8 Å². The Morgan fingerprint density at radius 1 is 1.50 bits per heavy atom. The third kappa shape index (κ3) is 3.49. The third-order valence-electron chi connectivity index (χ3n) is 2.29. The molecule has 0 aliphatic rings. The van der Waals surface area contributed by atoms with E-state index in [2.05, 4.69) is 26.2 Å². The van der Waals surface area contributed by atoms with Gasteiger partial charge in [0.15, 0.2) is 5.58 Å². The smallest absolute Gasteiger partial charge is 0.415 e. The van der Waals surface area contributed by atoms with Gasteiger partial charge in [-0.25, -0.2) is 10.1 Å². The zero-order valence-corrected chi connectivity index (χ0v) is 12.9. The number of hydrogen-bond acceptors (Lipinski definition) is 5. The number of aliphatic hydroxyl groups is 1. The number of fused-ring (bicyclic) bond motifs is 1. The van der Waals surface area contributed by atoms with Crippen LogP contribution < -0.4 is 5.32 Å². The van der Waals surface area contributed by atoms with Gasteiger partial charge >= 0.3 is 12.1 Å². The van der Waals surface area contributed by atoms with Crippen molar-refractivity contribution in [1.82, 2.24) is 4.98 Å². The summed E-state index contributed by atoms with van der Waals surface area (Å²) >= 11 is 3.33. The fraction of sp³-hybridized carbons (Fsp3) is 0.385. The molecule has 0 aliphatic heterocycles. The van der Waals surface area contributed by atoms with Crippen LogP contribution in [0.15, 0.2) is 21.0 Å². The van der Waals surface area contributed by atoms with Gasteiger partial charge in [0, 0.05) is 0 Å². The number of carbonyl (C=O) groups is 1. The molecule has 0 radical (unpaired) electrons. The maximum atomic E-state index is 11.6. The highest BCUT2D eigenvalue weighted by atomic mass is 79.9.